The summed E-state index contributed by atoms with van der Waals surface area (Å²) < 4.78 is 29.0. The Hall–Kier alpha value is -2.02. The number of carbonyl (C=O) groups excluding carboxylic acids is 2. The maximum atomic E-state index is 14.5. The van der Waals surface area contributed by atoms with Gasteiger partial charge in [0.15, 0.2) is 0 Å². The minimum Gasteiger partial charge on any atom is -0.396 e. The van der Waals surface area contributed by atoms with Crippen LogP contribution in [0, 0.1) is 17.6 Å². The number of piperidine rings is 1. The number of amides is 2. The highest BCUT2D eigenvalue weighted by Crippen LogP contribution is 2.34. The number of carbonyl (C=O) groups is 2. The lowest BCUT2D eigenvalue weighted by atomic mass is 9.89. The average molecular weight is 338 g/mol. The maximum Gasteiger partial charge on any atom is 0.234 e. The third-order valence-electron chi connectivity index (χ3n) is 4.84. The zero-order valence-corrected chi connectivity index (χ0v) is 13.2. The summed E-state index contributed by atoms with van der Waals surface area (Å²) in [5.41, 5.74) is 0.177. The summed E-state index contributed by atoms with van der Waals surface area (Å²) in [6.07, 6.45) is 1.74. The Labute approximate surface area is 138 Å². The molecule has 1 aromatic carbocycles. The Balaban J connectivity index is 1.82. The molecule has 2 aliphatic heterocycles. The van der Waals surface area contributed by atoms with E-state index in [2.05, 4.69) is 5.32 Å². The molecule has 24 heavy (non-hydrogen) atoms. The van der Waals surface area contributed by atoms with Crippen LogP contribution in [-0.2, 0) is 9.59 Å². The van der Waals surface area contributed by atoms with Gasteiger partial charge in [-0.05, 0) is 37.3 Å². The molecule has 2 saturated heterocycles. The topological polar surface area (TPSA) is 69.6 Å². The quantitative estimate of drug-likeness (QED) is 0.820. The summed E-state index contributed by atoms with van der Waals surface area (Å²) in [6, 6.07) is 2.51. The van der Waals surface area contributed by atoms with Crippen LogP contribution >= 0.6 is 0 Å². The molecule has 2 atom stereocenters. The molecule has 0 bridgehead atoms. The van der Waals surface area contributed by atoms with Crippen LogP contribution in [0.4, 0.5) is 14.5 Å². The van der Waals surface area contributed by atoms with Gasteiger partial charge in [0, 0.05) is 37.4 Å². The molecule has 0 radical (unpaired) electrons. The van der Waals surface area contributed by atoms with Crippen LogP contribution in [0.15, 0.2) is 12.1 Å². The Morgan fingerprint density at radius 1 is 1.21 bits per heavy atom. The van der Waals surface area contributed by atoms with E-state index in [9.17, 15) is 18.4 Å². The van der Waals surface area contributed by atoms with E-state index in [4.69, 9.17) is 5.11 Å². The molecule has 0 spiro atoms. The summed E-state index contributed by atoms with van der Waals surface area (Å²) in [7, 11) is 0. The highest BCUT2D eigenvalue weighted by atomic mass is 19.1. The molecule has 2 heterocycles. The minimum atomic E-state index is -0.975. The molecule has 130 valence electrons. The normalized spacial score (nSPS) is 24.4. The zero-order chi connectivity index (χ0) is 17.3. The minimum absolute atomic E-state index is 0.0754. The Morgan fingerprint density at radius 2 is 1.92 bits per heavy atom. The number of hydrogen-bond acceptors (Lipinski definition) is 4. The molecule has 2 aliphatic rings. The van der Waals surface area contributed by atoms with Crippen LogP contribution in [0.1, 0.15) is 37.2 Å². The van der Waals surface area contributed by atoms with Gasteiger partial charge in [0.25, 0.3) is 0 Å². The molecular formula is C17H20F2N2O3. The molecule has 2 amide bonds. The first-order chi connectivity index (χ1) is 11.5. The lowest BCUT2D eigenvalue weighted by Gasteiger charge is -2.24. The Kier molecular flexibility index (Phi) is 4.80. The van der Waals surface area contributed by atoms with Gasteiger partial charge in [0.2, 0.25) is 11.8 Å². The number of nitrogens with one attached hydrogen (secondary N) is 1. The van der Waals surface area contributed by atoms with Crippen LogP contribution in [-0.4, -0.2) is 36.6 Å². The van der Waals surface area contributed by atoms with E-state index in [1.165, 1.54) is 12.1 Å². The number of aliphatic hydroxyl groups excluding tert-OH is 1. The van der Waals surface area contributed by atoms with Gasteiger partial charge in [-0.15, -0.1) is 0 Å². The lowest BCUT2D eigenvalue weighted by Crippen LogP contribution is -2.40. The van der Waals surface area contributed by atoms with Crippen LogP contribution in [0.2, 0.25) is 0 Å². The van der Waals surface area contributed by atoms with E-state index in [0.717, 1.165) is 6.42 Å². The number of benzene rings is 1. The molecule has 0 unspecified atom stereocenters. The molecule has 5 nitrogen and oxygen atoms in total. The van der Waals surface area contributed by atoms with Crippen LogP contribution in [0.25, 0.3) is 0 Å². The summed E-state index contributed by atoms with van der Waals surface area (Å²) in [6.45, 7) is 1.44. The van der Waals surface area contributed by atoms with Crippen molar-refractivity contribution >= 4 is 17.5 Å². The van der Waals surface area contributed by atoms with Gasteiger partial charge >= 0.3 is 0 Å². The van der Waals surface area contributed by atoms with Gasteiger partial charge in [0.05, 0.1) is 5.92 Å². The van der Waals surface area contributed by atoms with Crippen LogP contribution < -0.4 is 10.2 Å². The van der Waals surface area contributed by atoms with Crippen molar-refractivity contribution in [2.45, 2.75) is 31.6 Å². The molecule has 7 heteroatoms. The summed E-state index contributed by atoms with van der Waals surface area (Å²) in [5.74, 6) is -3.25. The van der Waals surface area contributed by atoms with Crippen molar-refractivity contribution in [2.75, 3.05) is 24.6 Å². The molecule has 0 aliphatic carbocycles. The predicted octanol–water partition coefficient (Wildman–Crippen LogP) is 1.69. The van der Waals surface area contributed by atoms with Crippen molar-refractivity contribution in [1.29, 1.82) is 0 Å². The fourth-order valence-corrected chi connectivity index (χ4v) is 3.54. The number of nitrogens with zero attached hydrogens (tertiary/aromatic N) is 1. The number of halogens is 2. The largest absolute Gasteiger partial charge is 0.396 e. The second-order valence-corrected chi connectivity index (χ2v) is 6.44. The summed E-state index contributed by atoms with van der Waals surface area (Å²) >= 11 is 0. The van der Waals surface area contributed by atoms with E-state index >= 15 is 0 Å². The first-order valence-electron chi connectivity index (χ1n) is 8.18. The number of rotatable bonds is 4. The Bertz CT molecular complexity index is 642. The van der Waals surface area contributed by atoms with Gasteiger partial charge in [-0.1, -0.05) is 0 Å². The van der Waals surface area contributed by atoms with Gasteiger partial charge < -0.3 is 10.0 Å². The number of aliphatic hydroxyl groups is 1. The molecule has 2 fully saturated rings. The average Bonchev–Trinajstić information content (AvgIpc) is 2.97. The second kappa shape index (κ2) is 6.84. The number of anilines is 1. The molecule has 3 rings (SSSR count). The number of imide groups is 1. The third-order valence-corrected chi connectivity index (χ3v) is 4.84. The first kappa shape index (κ1) is 16.8. The summed E-state index contributed by atoms with van der Waals surface area (Å²) in [5, 5.41) is 11.1. The zero-order valence-electron chi connectivity index (χ0n) is 13.2. The fraction of sp³-hybridized carbons (Fsp3) is 0.529. The van der Waals surface area contributed by atoms with E-state index in [0.29, 0.717) is 31.1 Å². The Morgan fingerprint density at radius 3 is 2.54 bits per heavy atom. The van der Waals surface area contributed by atoms with E-state index in [-0.39, 0.29) is 25.0 Å². The fourth-order valence-electron chi connectivity index (χ4n) is 3.54. The van der Waals surface area contributed by atoms with Crippen LogP contribution in [0.5, 0.6) is 0 Å². The molecule has 0 aromatic heterocycles. The van der Waals surface area contributed by atoms with Crippen molar-refractivity contribution in [3.8, 4) is 0 Å². The SMILES string of the molecule is O=C1CC[C@H](c2c(F)cc(N3CC[C@H](CCO)C3)cc2F)C(=O)N1. The molecular weight excluding hydrogens is 318 g/mol. The van der Waals surface area contributed by atoms with Crippen molar-refractivity contribution in [2.24, 2.45) is 5.92 Å². The molecule has 0 saturated carbocycles. The van der Waals surface area contributed by atoms with Crippen molar-refractivity contribution in [3.05, 3.63) is 29.3 Å². The van der Waals surface area contributed by atoms with Crippen molar-refractivity contribution in [1.82, 2.24) is 5.32 Å². The predicted molar refractivity (Wildman–Crippen MR) is 83.5 cm³/mol. The maximum absolute atomic E-state index is 14.5. The highest BCUT2D eigenvalue weighted by Gasteiger charge is 2.33. The van der Waals surface area contributed by atoms with Gasteiger partial charge in [-0.25, -0.2) is 8.78 Å². The lowest BCUT2D eigenvalue weighted by molar-refractivity contribution is -0.134. The first-order valence-corrected chi connectivity index (χ1v) is 8.18. The summed E-state index contributed by atoms with van der Waals surface area (Å²) in [4.78, 5) is 24.9. The van der Waals surface area contributed by atoms with Gasteiger partial charge in [-0.3, -0.25) is 14.9 Å². The van der Waals surface area contributed by atoms with Crippen molar-refractivity contribution < 1.29 is 23.5 Å². The van der Waals surface area contributed by atoms with E-state index in [1.54, 1.807) is 0 Å². The van der Waals surface area contributed by atoms with E-state index in [1.807, 2.05) is 4.90 Å². The third kappa shape index (κ3) is 3.26. The smallest absolute Gasteiger partial charge is 0.234 e. The highest BCUT2D eigenvalue weighted by molar-refractivity contribution is 6.01. The van der Waals surface area contributed by atoms with Gasteiger partial charge in [0.1, 0.15) is 11.6 Å². The van der Waals surface area contributed by atoms with E-state index < -0.39 is 29.4 Å². The monoisotopic (exact) mass is 338 g/mol. The standard InChI is InChI=1S/C17H20F2N2O3/c18-13-7-11(21-5-3-10(9-21)4-6-22)8-14(19)16(13)12-1-2-15(23)20-17(12)24/h7-8,10,12,22H,1-6,9H2,(H,20,23,24)/t10-,12-/m1/s1. The second-order valence-electron chi connectivity index (χ2n) is 6.44. The van der Waals surface area contributed by atoms with Crippen LogP contribution in [0.3, 0.4) is 0 Å². The number of hydrogen-bond donors (Lipinski definition) is 2. The van der Waals surface area contributed by atoms with Gasteiger partial charge in [-0.2, -0.15) is 0 Å². The molecule has 2 N–H and O–H groups in total. The van der Waals surface area contributed by atoms with Crippen molar-refractivity contribution in [3.63, 3.8) is 0 Å². The molecule has 1 aromatic rings.